The van der Waals surface area contributed by atoms with Crippen LogP contribution in [0.4, 0.5) is 4.39 Å². The van der Waals surface area contributed by atoms with Crippen molar-refractivity contribution in [2.24, 2.45) is 0 Å². The van der Waals surface area contributed by atoms with Crippen molar-refractivity contribution in [3.8, 4) is 17.2 Å². The van der Waals surface area contributed by atoms with Gasteiger partial charge in [-0.05, 0) is 34.1 Å². The number of ether oxygens (including phenoxy) is 3. The van der Waals surface area contributed by atoms with E-state index in [4.69, 9.17) is 21.1 Å². The third-order valence-corrected chi connectivity index (χ3v) is 3.63. The van der Waals surface area contributed by atoms with E-state index in [2.05, 4.69) is 20.7 Å². The summed E-state index contributed by atoms with van der Waals surface area (Å²) in [4.78, 5) is 11.4. The highest BCUT2D eigenvalue weighted by molar-refractivity contribution is 9.10. The van der Waals surface area contributed by atoms with E-state index in [0.717, 1.165) is 6.07 Å². The molecule has 0 aliphatic rings. The maximum atomic E-state index is 14.0. The Labute approximate surface area is 139 Å². The van der Waals surface area contributed by atoms with Crippen LogP contribution in [-0.4, -0.2) is 20.2 Å². The van der Waals surface area contributed by atoms with Crippen LogP contribution in [-0.2, 0) is 4.74 Å². The molecule has 0 aliphatic heterocycles. The highest BCUT2D eigenvalue weighted by atomic mass is 79.9. The normalized spacial score (nSPS) is 10.2. The third-order valence-electron chi connectivity index (χ3n) is 2.77. The van der Waals surface area contributed by atoms with E-state index in [0.29, 0.717) is 21.0 Å². The van der Waals surface area contributed by atoms with Crippen LogP contribution in [0.1, 0.15) is 10.4 Å². The van der Waals surface area contributed by atoms with Crippen LogP contribution in [0.2, 0.25) is 5.02 Å². The molecule has 116 valence electrons. The second kappa shape index (κ2) is 6.98. The third kappa shape index (κ3) is 3.51. The van der Waals surface area contributed by atoms with Gasteiger partial charge >= 0.3 is 5.97 Å². The molecule has 0 atom stereocenters. The van der Waals surface area contributed by atoms with E-state index in [1.54, 1.807) is 18.2 Å². The molecule has 4 nitrogen and oxygen atoms in total. The Morgan fingerprint density at radius 2 is 1.86 bits per heavy atom. The first-order chi connectivity index (χ1) is 10.5. The van der Waals surface area contributed by atoms with E-state index in [-0.39, 0.29) is 11.3 Å². The van der Waals surface area contributed by atoms with Gasteiger partial charge in [0.2, 0.25) is 0 Å². The molecule has 0 aromatic heterocycles. The van der Waals surface area contributed by atoms with Gasteiger partial charge in [0, 0.05) is 17.2 Å². The molecule has 2 aromatic carbocycles. The molecule has 7 heteroatoms. The Balaban J connectivity index is 2.39. The van der Waals surface area contributed by atoms with Crippen LogP contribution in [0.3, 0.4) is 0 Å². The van der Waals surface area contributed by atoms with Crippen molar-refractivity contribution in [2.45, 2.75) is 0 Å². The lowest BCUT2D eigenvalue weighted by atomic mass is 10.2. The second-order valence-corrected chi connectivity index (χ2v) is 5.44. The first-order valence-corrected chi connectivity index (χ1v) is 7.22. The number of methoxy groups -OCH3 is 2. The van der Waals surface area contributed by atoms with Crippen LogP contribution >= 0.6 is 27.5 Å². The van der Waals surface area contributed by atoms with E-state index < -0.39 is 11.8 Å². The van der Waals surface area contributed by atoms with Crippen molar-refractivity contribution in [3.63, 3.8) is 0 Å². The van der Waals surface area contributed by atoms with Gasteiger partial charge in [-0.15, -0.1) is 0 Å². The highest BCUT2D eigenvalue weighted by Crippen LogP contribution is 2.37. The van der Waals surface area contributed by atoms with Crippen molar-refractivity contribution in [1.29, 1.82) is 0 Å². The number of carbonyl (C=O) groups excluding carboxylic acids is 1. The number of halogens is 3. The van der Waals surface area contributed by atoms with Crippen molar-refractivity contribution < 1.29 is 23.4 Å². The van der Waals surface area contributed by atoms with Gasteiger partial charge in [-0.3, -0.25) is 0 Å². The van der Waals surface area contributed by atoms with E-state index in [9.17, 15) is 9.18 Å². The smallest absolute Gasteiger partial charge is 0.340 e. The van der Waals surface area contributed by atoms with Crippen LogP contribution in [0, 0.1) is 5.82 Å². The quantitative estimate of drug-likeness (QED) is 0.703. The molecule has 2 rings (SSSR count). The van der Waals surface area contributed by atoms with Crippen molar-refractivity contribution in [1.82, 2.24) is 0 Å². The molecule has 22 heavy (non-hydrogen) atoms. The zero-order chi connectivity index (χ0) is 16.3. The summed E-state index contributed by atoms with van der Waals surface area (Å²) in [7, 11) is 2.65. The summed E-state index contributed by atoms with van der Waals surface area (Å²) in [5, 5.41) is 0.482. The first kappa shape index (κ1) is 16.6. The van der Waals surface area contributed by atoms with Crippen LogP contribution < -0.4 is 9.47 Å². The Morgan fingerprint density at radius 1 is 1.14 bits per heavy atom. The minimum atomic E-state index is -0.770. The van der Waals surface area contributed by atoms with Crippen molar-refractivity contribution in [3.05, 3.63) is 51.2 Å². The van der Waals surface area contributed by atoms with Gasteiger partial charge in [-0.2, -0.15) is 0 Å². The fourth-order valence-electron chi connectivity index (χ4n) is 1.72. The second-order valence-electron chi connectivity index (χ2n) is 4.15. The summed E-state index contributed by atoms with van der Waals surface area (Å²) in [6, 6.07) is 7.17. The molecule has 0 saturated heterocycles. The average molecular weight is 390 g/mol. The Morgan fingerprint density at radius 3 is 2.50 bits per heavy atom. The number of carbonyl (C=O) groups is 1. The van der Waals surface area contributed by atoms with Crippen LogP contribution in [0.5, 0.6) is 17.2 Å². The van der Waals surface area contributed by atoms with Gasteiger partial charge < -0.3 is 14.2 Å². The summed E-state index contributed by atoms with van der Waals surface area (Å²) >= 11 is 9.10. The molecule has 0 radical (unpaired) electrons. The highest BCUT2D eigenvalue weighted by Gasteiger charge is 2.17. The Hall–Kier alpha value is -1.79. The SMILES string of the molecule is COC(=O)c1cc(Br)c(Oc2ccc(Cl)cc2OC)cc1F. The van der Waals surface area contributed by atoms with Gasteiger partial charge in [0.25, 0.3) is 0 Å². The average Bonchev–Trinajstić information content (AvgIpc) is 2.51. The van der Waals surface area contributed by atoms with Crippen molar-refractivity contribution in [2.75, 3.05) is 14.2 Å². The summed E-state index contributed by atoms with van der Waals surface area (Å²) in [6.07, 6.45) is 0. The molecule has 0 spiro atoms. The molecule has 0 saturated carbocycles. The fraction of sp³-hybridized carbons (Fsp3) is 0.133. The zero-order valence-electron chi connectivity index (χ0n) is 11.7. The zero-order valence-corrected chi connectivity index (χ0v) is 14.0. The van der Waals surface area contributed by atoms with Gasteiger partial charge in [0.05, 0.1) is 24.3 Å². The molecule has 0 aliphatic carbocycles. The number of hydrogen-bond acceptors (Lipinski definition) is 4. The summed E-state index contributed by atoms with van der Waals surface area (Å²) in [5.74, 6) is -0.577. The largest absolute Gasteiger partial charge is 0.493 e. The maximum Gasteiger partial charge on any atom is 0.340 e. The summed E-state index contributed by atoms with van der Waals surface area (Å²) in [5.41, 5.74) is -0.190. The predicted octanol–water partition coefficient (Wildman–Crippen LogP) is 4.83. The maximum absolute atomic E-state index is 14.0. The Kier molecular flexibility index (Phi) is 5.26. The molecule has 0 amide bonds. The monoisotopic (exact) mass is 388 g/mol. The fourth-order valence-corrected chi connectivity index (χ4v) is 2.30. The molecule has 0 heterocycles. The lowest BCUT2D eigenvalue weighted by Gasteiger charge is -2.13. The molecule has 0 bridgehead atoms. The predicted molar refractivity (Wildman–Crippen MR) is 83.5 cm³/mol. The number of hydrogen-bond donors (Lipinski definition) is 0. The topological polar surface area (TPSA) is 44.8 Å². The molecule has 0 N–H and O–H groups in total. The lowest BCUT2D eigenvalue weighted by Crippen LogP contribution is -2.05. The molecule has 2 aromatic rings. The van der Waals surface area contributed by atoms with E-state index in [1.807, 2.05) is 0 Å². The van der Waals surface area contributed by atoms with Crippen LogP contribution in [0.15, 0.2) is 34.8 Å². The lowest BCUT2D eigenvalue weighted by molar-refractivity contribution is 0.0595. The number of rotatable bonds is 4. The molecular formula is C15H11BrClFO4. The van der Waals surface area contributed by atoms with Gasteiger partial charge in [0.15, 0.2) is 11.5 Å². The minimum absolute atomic E-state index is 0.186. The summed E-state index contributed by atoms with van der Waals surface area (Å²) in [6.45, 7) is 0. The molecule has 0 unspecified atom stereocenters. The molecule has 0 fully saturated rings. The van der Waals surface area contributed by atoms with Crippen LogP contribution in [0.25, 0.3) is 0 Å². The van der Waals surface area contributed by atoms with Crippen molar-refractivity contribution >= 4 is 33.5 Å². The van der Waals surface area contributed by atoms with Gasteiger partial charge in [-0.1, -0.05) is 11.6 Å². The van der Waals surface area contributed by atoms with Gasteiger partial charge in [-0.25, -0.2) is 9.18 Å². The minimum Gasteiger partial charge on any atom is -0.493 e. The standard InChI is InChI=1S/C15H11BrClFO4/c1-20-14-5-8(17)3-4-12(14)22-13-7-11(18)9(6-10(13)16)15(19)21-2/h3-7H,1-2H3. The number of esters is 1. The number of benzene rings is 2. The summed E-state index contributed by atoms with van der Waals surface area (Å²) < 4.78 is 29.6. The van der Waals surface area contributed by atoms with Gasteiger partial charge in [0.1, 0.15) is 11.6 Å². The van der Waals surface area contributed by atoms with E-state index in [1.165, 1.54) is 20.3 Å². The Bertz CT molecular complexity index is 721. The van der Waals surface area contributed by atoms with E-state index >= 15 is 0 Å². The molecular weight excluding hydrogens is 379 g/mol. The first-order valence-electron chi connectivity index (χ1n) is 6.05.